The number of hydrogen-bond acceptors (Lipinski definition) is 1. The van der Waals surface area contributed by atoms with Crippen molar-refractivity contribution < 1.29 is 31.4 Å². The zero-order valence-electron chi connectivity index (χ0n) is 9.30. The van der Waals surface area contributed by atoms with Gasteiger partial charge in [-0.05, 0) is 18.2 Å². The first-order valence-corrected chi connectivity index (χ1v) is 4.97. The van der Waals surface area contributed by atoms with Crippen LogP contribution < -0.4 is 21.5 Å². The molecule has 1 aromatic heterocycles. The number of pyridine rings is 1. The van der Waals surface area contributed by atoms with Gasteiger partial charge in [-0.3, -0.25) is 0 Å². The van der Waals surface area contributed by atoms with Crippen molar-refractivity contribution in [3.8, 4) is 11.3 Å². The Morgan fingerprint density at radius 2 is 1.76 bits per heavy atom. The lowest BCUT2D eigenvalue weighted by Crippen LogP contribution is -3.00. The molecule has 0 radical (unpaired) electrons. The summed E-state index contributed by atoms with van der Waals surface area (Å²) in [5.74, 6) is -0.907. The van der Waals surface area contributed by atoms with E-state index in [4.69, 9.17) is 5.11 Å². The molecule has 0 saturated heterocycles. The Morgan fingerprint density at radius 1 is 1.12 bits per heavy atom. The van der Waals surface area contributed by atoms with E-state index in [0.717, 1.165) is 11.3 Å². The van der Waals surface area contributed by atoms with Crippen molar-refractivity contribution in [3.63, 3.8) is 0 Å². The maximum atomic E-state index is 11.1. The molecule has 17 heavy (non-hydrogen) atoms. The zero-order valence-corrected chi connectivity index (χ0v) is 10.9. The molecule has 0 unspecified atom stereocenters. The molecule has 88 valence electrons. The van der Waals surface area contributed by atoms with Gasteiger partial charge in [-0.15, -0.1) is 0 Å². The fraction of sp³-hybridized carbons (Fsp3) is 0.0769. The first-order chi connectivity index (χ1) is 7.70. The molecule has 0 aliphatic rings. The first-order valence-electron chi connectivity index (χ1n) is 4.97. The van der Waals surface area contributed by atoms with Crippen molar-refractivity contribution in [2.24, 2.45) is 7.05 Å². The predicted octanol–water partition coefficient (Wildman–Crippen LogP) is -1.12. The Hall–Kier alpha value is -1.68. The van der Waals surface area contributed by atoms with Crippen molar-refractivity contribution >= 4 is 5.97 Å². The molecule has 3 nitrogen and oxygen atoms in total. The maximum absolute atomic E-state index is 11.1. The molecule has 1 N–H and O–H groups in total. The van der Waals surface area contributed by atoms with Gasteiger partial charge in [0.05, 0.1) is 0 Å². The van der Waals surface area contributed by atoms with Crippen LogP contribution in [0.5, 0.6) is 0 Å². The molecular formula is C13H12BrNO2. The van der Waals surface area contributed by atoms with Crippen LogP contribution in [0.4, 0.5) is 0 Å². The van der Waals surface area contributed by atoms with Crippen molar-refractivity contribution in [2.45, 2.75) is 0 Å². The summed E-state index contributed by atoms with van der Waals surface area (Å²) in [6.45, 7) is 0. The quantitative estimate of drug-likeness (QED) is 0.713. The lowest BCUT2D eigenvalue weighted by Gasteiger charge is -2.03. The van der Waals surface area contributed by atoms with Crippen molar-refractivity contribution in [2.75, 3.05) is 0 Å². The van der Waals surface area contributed by atoms with E-state index in [0.29, 0.717) is 5.56 Å². The Bertz CT molecular complexity index is 526. The van der Waals surface area contributed by atoms with Gasteiger partial charge in [0.2, 0.25) is 5.69 Å². The minimum Gasteiger partial charge on any atom is -1.00 e. The number of aromatic carboxylic acids is 1. The van der Waals surface area contributed by atoms with Crippen molar-refractivity contribution in [1.29, 1.82) is 0 Å². The fourth-order valence-electron chi connectivity index (χ4n) is 1.74. The highest BCUT2D eigenvalue weighted by Crippen LogP contribution is 2.18. The third-order valence-electron chi connectivity index (χ3n) is 2.46. The highest BCUT2D eigenvalue weighted by molar-refractivity contribution is 5.93. The van der Waals surface area contributed by atoms with Crippen LogP contribution in [0, 0.1) is 0 Å². The molecule has 0 bridgehead atoms. The second kappa shape index (κ2) is 5.59. The normalized spacial score (nSPS) is 9.47. The Balaban J connectivity index is 0.00000144. The minimum absolute atomic E-state index is 0. The Morgan fingerprint density at radius 3 is 2.35 bits per heavy atom. The fourth-order valence-corrected chi connectivity index (χ4v) is 1.74. The number of benzene rings is 1. The SMILES string of the molecule is C[n+]1cccc(C(=O)O)c1-c1ccccc1.[Br-]. The summed E-state index contributed by atoms with van der Waals surface area (Å²) in [6.07, 6.45) is 1.84. The number of carbonyl (C=O) groups is 1. The highest BCUT2D eigenvalue weighted by atomic mass is 79.9. The van der Waals surface area contributed by atoms with Crippen LogP contribution in [0.2, 0.25) is 0 Å². The van der Waals surface area contributed by atoms with Crippen LogP contribution in [-0.2, 0) is 7.05 Å². The van der Waals surface area contributed by atoms with E-state index in [1.807, 2.05) is 48.1 Å². The zero-order chi connectivity index (χ0) is 11.5. The summed E-state index contributed by atoms with van der Waals surface area (Å²) in [5, 5.41) is 9.14. The van der Waals surface area contributed by atoms with E-state index in [1.54, 1.807) is 12.1 Å². The van der Waals surface area contributed by atoms with Gasteiger partial charge in [-0.1, -0.05) is 18.2 Å². The average molecular weight is 294 g/mol. The van der Waals surface area contributed by atoms with Crippen LogP contribution in [0.15, 0.2) is 48.7 Å². The number of nitrogens with zero attached hydrogens (tertiary/aromatic N) is 1. The van der Waals surface area contributed by atoms with Gasteiger partial charge in [0.1, 0.15) is 12.6 Å². The molecule has 4 heteroatoms. The largest absolute Gasteiger partial charge is 1.00 e. The Labute approximate surface area is 110 Å². The summed E-state index contributed by atoms with van der Waals surface area (Å²) in [5.41, 5.74) is 1.94. The summed E-state index contributed by atoms with van der Waals surface area (Å²) < 4.78 is 1.82. The van der Waals surface area contributed by atoms with E-state index in [9.17, 15) is 4.79 Å². The smallest absolute Gasteiger partial charge is 0.342 e. The van der Waals surface area contributed by atoms with Crippen molar-refractivity contribution in [1.82, 2.24) is 0 Å². The van der Waals surface area contributed by atoms with E-state index < -0.39 is 5.97 Å². The van der Waals surface area contributed by atoms with Gasteiger partial charge in [-0.2, -0.15) is 0 Å². The number of rotatable bonds is 2. The van der Waals surface area contributed by atoms with E-state index in [2.05, 4.69) is 0 Å². The molecule has 2 aromatic rings. The molecule has 0 spiro atoms. The summed E-state index contributed by atoms with van der Waals surface area (Å²) in [4.78, 5) is 11.1. The monoisotopic (exact) mass is 293 g/mol. The van der Waals surface area contributed by atoms with Gasteiger partial charge < -0.3 is 22.1 Å². The van der Waals surface area contributed by atoms with Crippen LogP contribution in [0.3, 0.4) is 0 Å². The van der Waals surface area contributed by atoms with Crippen LogP contribution >= 0.6 is 0 Å². The first kappa shape index (κ1) is 13.4. The molecule has 1 heterocycles. The lowest BCUT2D eigenvalue weighted by atomic mass is 10.1. The molecule has 1 aromatic carbocycles. The van der Waals surface area contributed by atoms with E-state index >= 15 is 0 Å². The van der Waals surface area contributed by atoms with Gasteiger partial charge in [0.15, 0.2) is 6.20 Å². The van der Waals surface area contributed by atoms with Gasteiger partial charge in [0, 0.05) is 11.6 Å². The van der Waals surface area contributed by atoms with Gasteiger partial charge in [-0.25, -0.2) is 9.36 Å². The number of hydrogen-bond donors (Lipinski definition) is 1. The highest BCUT2D eigenvalue weighted by Gasteiger charge is 2.19. The third-order valence-corrected chi connectivity index (χ3v) is 2.46. The van der Waals surface area contributed by atoms with Crippen LogP contribution in [0.1, 0.15) is 10.4 Å². The van der Waals surface area contributed by atoms with Crippen molar-refractivity contribution in [3.05, 3.63) is 54.2 Å². The average Bonchev–Trinajstić information content (AvgIpc) is 2.29. The standard InChI is InChI=1S/C13H11NO2.BrH/c1-14-9-5-8-11(13(15)16)12(14)10-6-3-2-4-7-10;/h2-9H,1H3;1H. The number of carboxylic acid groups (broad SMARTS) is 1. The molecular weight excluding hydrogens is 282 g/mol. The second-order valence-corrected chi connectivity index (χ2v) is 3.55. The van der Waals surface area contributed by atoms with Crippen LogP contribution in [0.25, 0.3) is 11.3 Å². The molecule has 0 aliphatic carbocycles. The predicted molar refractivity (Wildman–Crippen MR) is 60.0 cm³/mol. The van der Waals surface area contributed by atoms with Gasteiger partial charge >= 0.3 is 5.97 Å². The second-order valence-electron chi connectivity index (χ2n) is 3.55. The van der Waals surface area contributed by atoms with E-state index in [-0.39, 0.29) is 17.0 Å². The number of aromatic nitrogens is 1. The lowest BCUT2D eigenvalue weighted by molar-refractivity contribution is -0.660. The third kappa shape index (κ3) is 2.71. The maximum Gasteiger partial charge on any atom is 0.342 e. The van der Waals surface area contributed by atoms with Gasteiger partial charge in [0.25, 0.3) is 0 Å². The number of carboxylic acids is 1. The van der Waals surface area contributed by atoms with Crippen LogP contribution in [-0.4, -0.2) is 11.1 Å². The summed E-state index contributed by atoms with van der Waals surface area (Å²) in [7, 11) is 1.84. The molecule has 0 aliphatic heterocycles. The number of halogens is 1. The number of aryl methyl sites for hydroxylation is 1. The topological polar surface area (TPSA) is 41.2 Å². The molecule has 0 saturated carbocycles. The van der Waals surface area contributed by atoms with E-state index in [1.165, 1.54) is 0 Å². The summed E-state index contributed by atoms with van der Waals surface area (Å²) >= 11 is 0. The minimum atomic E-state index is -0.907. The summed E-state index contributed by atoms with van der Waals surface area (Å²) in [6, 6.07) is 12.9. The molecule has 2 rings (SSSR count). The molecule has 0 atom stereocenters. The Kier molecular flexibility index (Phi) is 4.40. The molecule has 0 amide bonds. The molecule has 0 fully saturated rings.